The lowest BCUT2D eigenvalue weighted by molar-refractivity contribution is -0.122. The first-order chi connectivity index (χ1) is 10.5. The van der Waals surface area contributed by atoms with E-state index >= 15 is 0 Å². The van der Waals surface area contributed by atoms with Crippen LogP contribution < -0.4 is 10.9 Å². The molecule has 0 spiro atoms. The highest BCUT2D eigenvalue weighted by Gasteiger charge is 2.13. The van der Waals surface area contributed by atoms with Crippen molar-refractivity contribution in [2.24, 2.45) is 0 Å². The summed E-state index contributed by atoms with van der Waals surface area (Å²) in [5, 5.41) is 12.3. The Morgan fingerprint density at radius 3 is 2.82 bits per heavy atom. The Morgan fingerprint density at radius 2 is 2.23 bits per heavy atom. The molecule has 0 aliphatic rings. The van der Waals surface area contributed by atoms with Crippen molar-refractivity contribution in [1.82, 2.24) is 25.6 Å². The Morgan fingerprint density at radius 1 is 1.45 bits per heavy atom. The normalized spacial score (nSPS) is 10.0. The third-order valence-corrected chi connectivity index (χ3v) is 4.20. The van der Waals surface area contributed by atoms with E-state index in [0.29, 0.717) is 4.88 Å². The van der Waals surface area contributed by atoms with Crippen LogP contribution in [-0.2, 0) is 17.8 Å². The summed E-state index contributed by atoms with van der Waals surface area (Å²) in [7, 11) is 0. The van der Waals surface area contributed by atoms with Crippen molar-refractivity contribution in [2.75, 3.05) is 0 Å². The molecule has 2 amide bonds. The maximum Gasteiger partial charge on any atom is 0.279 e. The first-order valence-electron chi connectivity index (χ1n) is 6.51. The molecule has 0 atom stereocenters. The lowest BCUT2D eigenvalue weighted by Crippen LogP contribution is -2.43. The predicted octanol–water partition coefficient (Wildman–Crippen LogP) is 0.543. The first-order valence-corrected chi connectivity index (χ1v) is 7.33. The van der Waals surface area contributed by atoms with Gasteiger partial charge >= 0.3 is 0 Å². The summed E-state index contributed by atoms with van der Waals surface area (Å²) in [5.41, 5.74) is 5.72. The van der Waals surface area contributed by atoms with Gasteiger partial charge in [-0.3, -0.25) is 20.4 Å². The zero-order chi connectivity index (χ0) is 16.1. The predicted molar refractivity (Wildman–Crippen MR) is 78.8 cm³/mol. The third kappa shape index (κ3) is 3.67. The summed E-state index contributed by atoms with van der Waals surface area (Å²) in [6.45, 7) is 3.83. The van der Waals surface area contributed by atoms with Gasteiger partial charge in [-0.25, -0.2) is 9.67 Å². The summed E-state index contributed by atoms with van der Waals surface area (Å²) in [5.74, 6) is -0.845. The molecule has 0 bridgehead atoms. The van der Waals surface area contributed by atoms with Crippen LogP contribution in [0.4, 0.5) is 0 Å². The number of rotatable bonds is 4. The van der Waals surface area contributed by atoms with Crippen LogP contribution in [0.5, 0.6) is 0 Å². The van der Waals surface area contributed by atoms with Gasteiger partial charge in [-0.1, -0.05) is 6.92 Å². The minimum atomic E-state index is -0.466. The number of nitriles is 1. The minimum absolute atomic E-state index is 0.0157. The molecule has 0 saturated heterocycles. The van der Waals surface area contributed by atoms with Gasteiger partial charge < -0.3 is 0 Å². The van der Waals surface area contributed by atoms with Crippen LogP contribution in [0, 0.1) is 18.3 Å². The van der Waals surface area contributed by atoms with Crippen LogP contribution in [0.1, 0.15) is 32.9 Å². The summed E-state index contributed by atoms with van der Waals surface area (Å²) in [6.07, 6.45) is 2.14. The van der Waals surface area contributed by atoms with Crippen molar-refractivity contribution in [3.05, 3.63) is 33.5 Å². The zero-order valence-electron chi connectivity index (χ0n) is 12.1. The fraction of sp³-hybridized carbons (Fsp3) is 0.308. The summed E-state index contributed by atoms with van der Waals surface area (Å²) < 4.78 is 1.21. The van der Waals surface area contributed by atoms with Gasteiger partial charge in [0.2, 0.25) is 0 Å². The standard InChI is InChI=1S/C13H14N6O2S/c1-3-9-8(2)4-10(22-9)13(21)17-16-12(20)6-19-7-15-11(5-14)18-19/h4,7H,3,6H2,1-2H3,(H,16,20)(H,17,21). The molecule has 2 aromatic heterocycles. The number of hydrogen-bond acceptors (Lipinski definition) is 6. The molecule has 2 rings (SSSR count). The minimum Gasteiger partial charge on any atom is -0.271 e. The SMILES string of the molecule is CCc1sc(C(=O)NNC(=O)Cn2cnc(C#N)n2)cc1C. The molecule has 0 radical (unpaired) electrons. The second kappa shape index (κ2) is 6.82. The third-order valence-electron chi connectivity index (χ3n) is 2.82. The summed E-state index contributed by atoms with van der Waals surface area (Å²) in [4.78, 5) is 29.0. The topological polar surface area (TPSA) is 113 Å². The van der Waals surface area contributed by atoms with Gasteiger partial charge in [0, 0.05) is 4.88 Å². The van der Waals surface area contributed by atoms with Gasteiger partial charge in [0.15, 0.2) is 0 Å². The van der Waals surface area contributed by atoms with Crippen LogP contribution in [0.25, 0.3) is 0 Å². The molecule has 0 unspecified atom stereocenters. The number of hydrazine groups is 1. The lowest BCUT2D eigenvalue weighted by Gasteiger charge is -2.05. The molecule has 0 aliphatic carbocycles. The molecule has 0 saturated carbocycles. The number of hydrogen-bond donors (Lipinski definition) is 2. The number of amides is 2. The molecule has 0 aliphatic heterocycles. The van der Waals surface area contributed by atoms with Crippen molar-refractivity contribution in [1.29, 1.82) is 5.26 Å². The maximum atomic E-state index is 11.9. The molecular weight excluding hydrogens is 304 g/mol. The Hall–Kier alpha value is -2.73. The Balaban J connectivity index is 1.87. The van der Waals surface area contributed by atoms with Crippen molar-refractivity contribution in [3.8, 4) is 6.07 Å². The van der Waals surface area contributed by atoms with E-state index in [9.17, 15) is 9.59 Å². The average molecular weight is 318 g/mol. The van der Waals surface area contributed by atoms with Crippen LogP contribution in [0.15, 0.2) is 12.4 Å². The first kappa shape index (κ1) is 15.7. The van der Waals surface area contributed by atoms with E-state index in [-0.39, 0.29) is 18.3 Å². The number of nitrogens with one attached hydrogen (secondary N) is 2. The lowest BCUT2D eigenvalue weighted by atomic mass is 10.2. The van der Waals surface area contributed by atoms with Gasteiger partial charge in [-0.05, 0) is 25.0 Å². The maximum absolute atomic E-state index is 11.9. The van der Waals surface area contributed by atoms with Crippen LogP contribution in [0.3, 0.4) is 0 Å². The fourth-order valence-corrected chi connectivity index (χ4v) is 2.79. The molecule has 0 aromatic carbocycles. The van der Waals surface area contributed by atoms with E-state index < -0.39 is 5.91 Å². The van der Waals surface area contributed by atoms with Crippen LogP contribution in [-0.4, -0.2) is 26.6 Å². The summed E-state index contributed by atoms with van der Waals surface area (Å²) in [6, 6.07) is 3.56. The second-order valence-corrected chi connectivity index (χ2v) is 5.59. The van der Waals surface area contributed by atoms with E-state index in [2.05, 4.69) is 20.9 Å². The Kier molecular flexibility index (Phi) is 4.85. The van der Waals surface area contributed by atoms with E-state index in [0.717, 1.165) is 16.9 Å². The zero-order valence-corrected chi connectivity index (χ0v) is 12.9. The van der Waals surface area contributed by atoms with Gasteiger partial charge in [-0.15, -0.1) is 16.4 Å². The van der Waals surface area contributed by atoms with Gasteiger partial charge in [-0.2, -0.15) is 5.26 Å². The van der Waals surface area contributed by atoms with Crippen molar-refractivity contribution in [3.63, 3.8) is 0 Å². The quantitative estimate of drug-likeness (QED) is 0.799. The molecule has 8 nitrogen and oxygen atoms in total. The smallest absolute Gasteiger partial charge is 0.271 e. The largest absolute Gasteiger partial charge is 0.279 e. The fourth-order valence-electron chi connectivity index (χ4n) is 1.78. The molecule has 2 N–H and O–H groups in total. The molecular formula is C13H14N6O2S. The number of aryl methyl sites for hydroxylation is 2. The second-order valence-electron chi connectivity index (χ2n) is 4.45. The average Bonchev–Trinajstić information content (AvgIpc) is 3.10. The van der Waals surface area contributed by atoms with E-state index in [1.54, 1.807) is 12.1 Å². The number of aromatic nitrogens is 3. The molecule has 9 heteroatoms. The van der Waals surface area contributed by atoms with E-state index in [4.69, 9.17) is 5.26 Å². The highest BCUT2D eigenvalue weighted by molar-refractivity contribution is 7.14. The van der Waals surface area contributed by atoms with Crippen molar-refractivity contribution >= 4 is 23.2 Å². The molecule has 2 aromatic rings. The summed E-state index contributed by atoms with van der Waals surface area (Å²) >= 11 is 1.40. The number of carbonyl (C=O) groups is 2. The van der Waals surface area contributed by atoms with Crippen LogP contribution >= 0.6 is 11.3 Å². The molecule has 114 valence electrons. The van der Waals surface area contributed by atoms with Gasteiger partial charge in [0.25, 0.3) is 17.6 Å². The number of nitrogens with zero attached hydrogens (tertiary/aromatic N) is 4. The number of carbonyl (C=O) groups excluding carboxylic acids is 2. The molecule has 0 fully saturated rings. The highest BCUT2D eigenvalue weighted by atomic mass is 32.1. The molecule has 2 heterocycles. The van der Waals surface area contributed by atoms with E-state index in [1.807, 2.05) is 13.8 Å². The van der Waals surface area contributed by atoms with E-state index in [1.165, 1.54) is 22.3 Å². The van der Waals surface area contributed by atoms with Gasteiger partial charge in [0.05, 0.1) is 4.88 Å². The van der Waals surface area contributed by atoms with Crippen LogP contribution in [0.2, 0.25) is 0 Å². The Labute approximate surface area is 130 Å². The molecule has 22 heavy (non-hydrogen) atoms. The monoisotopic (exact) mass is 318 g/mol. The Bertz CT molecular complexity index is 742. The van der Waals surface area contributed by atoms with Crippen molar-refractivity contribution in [2.45, 2.75) is 26.8 Å². The van der Waals surface area contributed by atoms with Crippen molar-refractivity contribution < 1.29 is 9.59 Å². The number of thiophene rings is 1. The van der Waals surface area contributed by atoms with Gasteiger partial charge in [0.1, 0.15) is 18.9 Å². The highest BCUT2D eigenvalue weighted by Crippen LogP contribution is 2.21.